The Hall–Kier alpha value is -2.30. The number of hydrogen-bond donors (Lipinski definition) is 4. The van der Waals surface area contributed by atoms with Gasteiger partial charge in [0, 0.05) is 12.3 Å². The van der Waals surface area contributed by atoms with E-state index in [0.29, 0.717) is 13.0 Å². The summed E-state index contributed by atoms with van der Waals surface area (Å²) in [7, 11) is 0. The highest BCUT2D eigenvalue weighted by Gasteiger charge is 2.52. The van der Waals surface area contributed by atoms with Gasteiger partial charge in [-0.1, -0.05) is 80.6 Å². The van der Waals surface area contributed by atoms with Gasteiger partial charge in [-0.25, -0.2) is 4.79 Å². The number of thioether (sulfide) groups is 1. The van der Waals surface area contributed by atoms with Crippen molar-refractivity contribution in [3.05, 3.63) is 0 Å². The van der Waals surface area contributed by atoms with Crippen LogP contribution >= 0.6 is 11.8 Å². The monoisotopic (exact) mass is 607 g/mol. The van der Waals surface area contributed by atoms with Gasteiger partial charge in [-0.05, 0) is 47.7 Å². The molecule has 0 aromatic rings. The van der Waals surface area contributed by atoms with Crippen molar-refractivity contribution in [3.8, 4) is 0 Å². The molecule has 1 aliphatic heterocycles. The maximum Gasteiger partial charge on any atom is 0.315 e. The van der Waals surface area contributed by atoms with Crippen LogP contribution in [-0.4, -0.2) is 76.2 Å². The van der Waals surface area contributed by atoms with Crippen LogP contribution in [0.5, 0.6) is 0 Å². The lowest BCUT2D eigenvalue weighted by Crippen LogP contribution is -2.63. The van der Waals surface area contributed by atoms with Crippen LogP contribution < -0.4 is 21.7 Å². The SMILES string of the molecule is CCSCC1(NC(=O)N[C@H](C(=O)N2CC(C)(C)C(C)C2C(=O)NC(CC2CC2)C(=O)C(N)=O)C(C)(C)C)CCCCC1. The average Bonchev–Trinajstić information content (AvgIpc) is 3.68. The van der Waals surface area contributed by atoms with Gasteiger partial charge >= 0.3 is 6.03 Å². The van der Waals surface area contributed by atoms with E-state index in [9.17, 15) is 24.0 Å². The van der Waals surface area contributed by atoms with Crippen molar-refractivity contribution >= 4 is 41.3 Å². The van der Waals surface area contributed by atoms with Gasteiger partial charge in [0.1, 0.15) is 12.1 Å². The molecule has 0 radical (unpaired) electrons. The molecule has 3 fully saturated rings. The number of carbonyl (C=O) groups excluding carboxylic acids is 5. The summed E-state index contributed by atoms with van der Waals surface area (Å²) >= 11 is 1.81. The molecular weight excluding hydrogens is 554 g/mol. The largest absolute Gasteiger partial charge is 0.363 e. The second kappa shape index (κ2) is 13.6. The maximum absolute atomic E-state index is 14.3. The number of nitrogens with one attached hydrogen (secondary N) is 3. The van der Waals surface area contributed by atoms with E-state index < -0.39 is 46.6 Å². The van der Waals surface area contributed by atoms with Gasteiger partial charge in [-0.3, -0.25) is 19.2 Å². The minimum absolute atomic E-state index is 0.238. The quantitative estimate of drug-likeness (QED) is 0.250. The van der Waals surface area contributed by atoms with E-state index in [2.05, 4.69) is 22.9 Å². The number of ketones is 1. The molecule has 0 bridgehead atoms. The van der Waals surface area contributed by atoms with Gasteiger partial charge in [0.15, 0.2) is 0 Å². The minimum atomic E-state index is -1.08. The number of hydrogen-bond acceptors (Lipinski definition) is 6. The molecule has 10 nitrogen and oxygen atoms in total. The zero-order valence-electron chi connectivity index (χ0n) is 26.6. The third-order valence-corrected chi connectivity index (χ3v) is 10.6. The van der Waals surface area contributed by atoms with E-state index in [1.807, 2.05) is 53.3 Å². The number of urea groups is 1. The summed E-state index contributed by atoms with van der Waals surface area (Å²) in [4.78, 5) is 67.4. The Balaban J connectivity index is 1.83. The predicted octanol–water partition coefficient (Wildman–Crippen LogP) is 3.37. The molecule has 3 rings (SSSR count). The summed E-state index contributed by atoms with van der Waals surface area (Å²) in [5.41, 5.74) is 3.96. The minimum Gasteiger partial charge on any atom is -0.363 e. The number of rotatable bonds is 12. The molecule has 42 heavy (non-hydrogen) atoms. The molecule has 0 spiro atoms. The highest BCUT2D eigenvalue weighted by molar-refractivity contribution is 7.99. The Labute approximate surface area is 255 Å². The Bertz CT molecular complexity index is 1030. The molecule has 5 N–H and O–H groups in total. The van der Waals surface area contributed by atoms with Crippen molar-refractivity contribution in [2.24, 2.45) is 28.4 Å². The van der Waals surface area contributed by atoms with Gasteiger partial charge in [0.05, 0.1) is 11.6 Å². The highest BCUT2D eigenvalue weighted by Crippen LogP contribution is 2.41. The number of amides is 5. The highest BCUT2D eigenvalue weighted by atomic mass is 32.2. The van der Waals surface area contributed by atoms with Crippen molar-refractivity contribution in [3.63, 3.8) is 0 Å². The van der Waals surface area contributed by atoms with E-state index in [1.165, 1.54) is 0 Å². The lowest BCUT2D eigenvalue weighted by Gasteiger charge is -2.40. The second-order valence-corrected chi connectivity index (χ2v) is 15.8. The van der Waals surface area contributed by atoms with Gasteiger partial charge in [0.25, 0.3) is 5.91 Å². The molecule has 0 aromatic carbocycles. The number of likely N-dealkylation sites (tertiary alicyclic amines) is 1. The molecule has 4 atom stereocenters. The second-order valence-electron chi connectivity index (χ2n) is 14.5. The predicted molar refractivity (Wildman–Crippen MR) is 166 cm³/mol. The molecular formula is C31H53N5O5S. The molecule has 1 saturated heterocycles. The van der Waals surface area contributed by atoms with Crippen LogP contribution in [0.3, 0.4) is 0 Å². The number of carbonyl (C=O) groups is 5. The van der Waals surface area contributed by atoms with E-state index in [-0.39, 0.29) is 29.3 Å². The van der Waals surface area contributed by atoms with Crippen molar-refractivity contribution < 1.29 is 24.0 Å². The van der Waals surface area contributed by atoms with Gasteiger partial charge in [-0.15, -0.1) is 0 Å². The van der Waals surface area contributed by atoms with Gasteiger partial charge in [0.2, 0.25) is 17.6 Å². The molecule has 5 amide bonds. The van der Waals surface area contributed by atoms with E-state index in [1.54, 1.807) is 4.90 Å². The Kier molecular flexibility index (Phi) is 11.0. The zero-order chi connectivity index (χ0) is 31.5. The molecule has 0 aromatic heterocycles. The fourth-order valence-electron chi connectivity index (χ4n) is 6.36. The lowest BCUT2D eigenvalue weighted by molar-refractivity contribution is -0.144. The number of primary amides is 1. The Morgan fingerprint density at radius 2 is 1.64 bits per heavy atom. The van der Waals surface area contributed by atoms with Crippen LogP contribution in [0.4, 0.5) is 4.79 Å². The van der Waals surface area contributed by atoms with Crippen LogP contribution in [0.15, 0.2) is 0 Å². The summed E-state index contributed by atoms with van der Waals surface area (Å²) in [5, 5.41) is 9.02. The first-order valence-corrected chi connectivity index (χ1v) is 16.8. The van der Waals surface area contributed by atoms with E-state index in [4.69, 9.17) is 5.73 Å². The first-order chi connectivity index (χ1) is 19.5. The van der Waals surface area contributed by atoms with Gasteiger partial charge < -0.3 is 26.6 Å². The summed E-state index contributed by atoms with van der Waals surface area (Å²) in [6, 6.07) is -3.13. The molecule has 3 aliphatic rings. The third-order valence-electron chi connectivity index (χ3n) is 9.47. The fraction of sp³-hybridized carbons (Fsp3) is 0.839. The molecule has 3 unspecified atom stereocenters. The Morgan fingerprint density at radius 3 is 2.17 bits per heavy atom. The van der Waals surface area contributed by atoms with E-state index >= 15 is 0 Å². The van der Waals surface area contributed by atoms with Crippen LogP contribution in [0, 0.1) is 22.7 Å². The van der Waals surface area contributed by atoms with Crippen LogP contribution in [0.1, 0.15) is 99.8 Å². The maximum atomic E-state index is 14.3. The molecule has 2 saturated carbocycles. The first-order valence-electron chi connectivity index (χ1n) is 15.6. The fourth-order valence-corrected chi connectivity index (χ4v) is 7.32. The van der Waals surface area contributed by atoms with Crippen molar-refractivity contribution in [2.75, 3.05) is 18.1 Å². The average molecular weight is 608 g/mol. The van der Waals surface area contributed by atoms with Crippen molar-refractivity contribution in [1.29, 1.82) is 0 Å². The lowest BCUT2D eigenvalue weighted by atomic mass is 9.80. The van der Waals surface area contributed by atoms with Crippen LogP contribution in [-0.2, 0) is 19.2 Å². The molecule has 1 heterocycles. The number of Topliss-reactive ketones (excluding diaryl/α,β-unsaturated/α-hetero) is 1. The molecule has 238 valence electrons. The number of nitrogens with two attached hydrogens (primary N) is 1. The standard InChI is InChI=1S/C31H53N5O5S/c1-8-42-18-31(14-10-9-11-15-31)35-28(41)34-24(29(3,4)5)27(40)36-17-30(6,7)19(2)22(36)26(39)33-21(16-20-12-13-20)23(37)25(32)38/h19-22,24H,8-18H2,1-7H3,(H2,32,38)(H,33,39)(H2,34,35,41)/t19?,21?,22?,24-/m1/s1. The van der Waals surface area contributed by atoms with Crippen LogP contribution in [0.25, 0.3) is 0 Å². The summed E-state index contributed by atoms with van der Waals surface area (Å²) in [6.45, 7) is 14.1. The smallest absolute Gasteiger partial charge is 0.315 e. The zero-order valence-corrected chi connectivity index (χ0v) is 27.5. The topological polar surface area (TPSA) is 151 Å². The van der Waals surface area contributed by atoms with Crippen molar-refractivity contribution in [1.82, 2.24) is 20.9 Å². The Morgan fingerprint density at radius 1 is 1.02 bits per heavy atom. The van der Waals surface area contributed by atoms with Gasteiger partial charge in [-0.2, -0.15) is 11.8 Å². The summed E-state index contributed by atoms with van der Waals surface area (Å²) in [5.74, 6) is -0.883. The number of nitrogens with zero attached hydrogens (tertiary/aromatic N) is 1. The van der Waals surface area contributed by atoms with E-state index in [0.717, 1.165) is 56.5 Å². The normalized spacial score (nSPS) is 24.8. The molecule has 2 aliphatic carbocycles. The third kappa shape index (κ3) is 8.41. The summed E-state index contributed by atoms with van der Waals surface area (Å²) < 4.78 is 0. The molecule has 11 heteroatoms. The van der Waals surface area contributed by atoms with Crippen molar-refractivity contribution in [2.45, 2.75) is 123 Å². The summed E-state index contributed by atoms with van der Waals surface area (Å²) in [6.07, 6.45) is 7.33. The first kappa shape index (κ1) is 34.2. The van der Waals surface area contributed by atoms with Crippen LogP contribution in [0.2, 0.25) is 0 Å².